The summed E-state index contributed by atoms with van der Waals surface area (Å²) in [4.78, 5) is 24.2. The molecular weight excluding hydrogens is 278 g/mol. The van der Waals surface area contributed by atoms with E-state index in [9.17, 15) is 14.7 Å². The molecule has 1 amide bonds. The van der Waals surface area contributed by atoms with E-state index < -0.39 is 16.8 Å². The molecule has 1 aliphatic rings. The van der Waals surface area contributed by atoms with Crippen molar-refractivity contribution in [1.29, 1.82) is 0 Å². The molecule has 0 aliphatic heterocycles. The number of amides is 1. The highest BCUT2D eigenvalue weighted by molar-refractivity contribution is 5.91. The molecule has 1 aromatic rings. The van der Waals surface area contributed by atoms with Crippen LogP contribution in [0.2, 0.25) is 0 Å². The highest BCUT2D eigenvalue weighted by Crippen LogP contribution is 2.48. The molecule has 0 spiro atoms. The van der Waals surface area contributed by atoms with Crippen LogP contribution in [0.25, 0.3) is 0 Å². The standard InChI is InChI=1S/C18H25NO3/c1-4-17(5-2,16(21)22)12-19-15(20)18(9-10-18)14-8-6-7-13(3)11-14/h6-8,11H,4-5,9-10,12H2,1-3H3,(H,19,20)(H,21,22). The molecule has 22 heavy (non-hydrogen) atoms. The summed E-state index contributed by atoms with van der Waals surface area (Å²) in [6, 6.07) is 8.03. The summed E-state index contributed by atoms with van der Waals surface area (Å²) in [5, 5.41) is 12.4. The molecule has 2 N–H and O–H groups in total. The van der Waals surface area contributed by atoms with Crippen molar-refractivity contribution in [2.45, 2.75) is 51.9 Å². The number of hydrogen-bond donors (Lipinski definition) is 2. The first-order valence-corrected chi connectivity index (χ1v) is 7.99. The fourth-order valence-corrected chi connectivity index (χ4v) is 3.01. The monoisotopic (exact) mass is 303 g/mol. The van der Waals surface area contributed by atoms with E-state index in [2.05, 4.69) is 11.4 Å². The molecule has 4 nitrogen and oxygen atoms in total. The second-order valence-corrected chi connectivity index (χ2v) is 6.43. The van der Waals surface area contributed by atoms with Crippen LogP contribution in [0.1, 0.15) is 50.7 Å². The molecule has 1 fully saturated rings. The normalized spacial score (nSPS) is 16.1. The molecule has 0 heterocycles. The van der Waals surface area contributed by atoms with Crippen LogP contribution in [0, 0.1) is 12.3 Å². The topological polar surface area (TPSA) is 66.4 Å². The Bertz CT molecular complexity index is 571. The second kappa shape index (κ2) is 6.11. The molecule has 0 atom stereocenters. The third-order valence-electron chi connectivity index (χ3n) is 5.15. The fourth-order valence-electron chi connectivity index (χ4n) is 3.01. The lowest BCUT2D eigenvalue weighted by atomic mass is 9.82. The highest BCUT2D eigenvalue weighted by atomic mass is 16.4. The lowest BCUT2D eigenvalue weighted by Crippen LogP contribution is -2.45. The maximum absolute atomic E-state index is 12.6. The highest BCUT2D eigenvalue weighted by Gasteiger charge is 2.51. The number of rotatable bonds is 7. The summed E-state index contributed by atoms with van der Waals surface area (Å²) in [6.45, 7) is 5.93. The number of nitrogens with one attached hydrogen (secondary N) is 1. The van der Waals surface area contributed by atoms with Crippen LogP contribution < -0.4 is 5.32 Å². The van der Waals surface area contributed by atoms with Crippen LogP contribution in [0.4, 0.5) is 0 Å². The molecule has 2 rings (SSSR count). The quantitative estimate of drug-likeness (QED) is 0.813. The molecule has 0 bridgehead atoms. The zero-order valence-electron chi connectivity index (χ0n) is 13.6. The van der Waals surface area contributed by atoms with Crippen molar-refractivity contribution >= 4 is 11.9 Å². The number of carbonyl (C=O) groups excluding carboxylic acids is 1. The SMILES string of the molecule is CCC(CC)(CNC(=O)C1(c2cccc(C)c2)CC1)C(=O)O. The van der Waals surface area contributed by atoms with Gasteiger partial charge < -0.3 is 10.4 Å². The molecule has 0 saturated heterocycles. The van der Waals surface area contributed by atoms with Gasteiger partial charge in [-0.25, -0.2) is 0 Å². The summed E-state index contributed by atoms with van der Waals surface area (Å²) < 4.78 is 0. The van der Waals surface area contributed by atoms with E-state index in [0.717, 1.165) is 24.0 Å². The Morgan fingerprint density at radius 2 is 1.91 bits per heavy atom. The van der Waals surface area contributed by atoms with Crippen LogP contribution in [-0.2, 0) is 15.0 Å². The lowest BCUT2D eigenvalue weighted by molar-refractivity contribution is -0.149. The van der Waals surface area contributed by atoms with Gasteiger partial charge >= 0.3 is 5.97 Å². The van der Waals surface area contributed by atoms with Crippen molar-refractivity contribution in [1.82, 2.24) is 5.32 Å². The van der Waals surface area contributed by atoms with E-state index >= 15 is 0 Å². The van der Waals surface area contributed by atoms with E-state index in [1.807, 2.05) is 39.0 Å². The zero-order chi connectivity index (χ0) is 16.4. The van der Waals surface area contributed by atoms with Crippen LogP contribution in [0.15, 0.2) is 24.3 Å². The van der Waals surface area contributed by atoms with Crippen LogP contribution in [-0.4, -0.2) is 23.5 Å². The number of hydrogen-bond acceptors (Lipinski definition) is 2. The van der Waals surface area contributed by atoms with Gasteiger partial charge in [-0.15, -0.1) is 0 Å². The summed E-state index contributed by atoms with van der Waals surface area (Å²) in [6.07, 6.45) is 2.69. The van der Waals surface area contributed by atoms with Gasteiger partial charge in [0, 0.05) is 6.54 Å². The first kappa shape index (κ1) is 16.5. The van der Waals surface area contributed by atoms with Gasteiger partial charge in [-0.05, 0) is 38.2 Å². The molecule has 1 aliphatic carbocycles. The minimum Gasteiger partial charge on any atom is -0.481 e. The molecule has 4 heteroatoms. The number of carboxylic acids is 1. The van der Waals surface area contributed by atoms with E-state index in [1.54, 1.807) is 0 Å². The van der Waals surface area contributed by atoms with Gasteiger partial charge in [0.25, 0.3) is 0 Å². The average molecular weight is 303 g/mol. The van der Waals surface area contributed by atoms with Gasteiger partial charge in [0.05, 0.1) is 10.8 Å². The molecule has 1 saturated carbocycles. The Kier molecular flexibility index (Phi) is 4.59. The Hall–Kier alpha value is -1.84. The third kappa shape index (κ3) is 2.87. The number of benzene rings is 1. The van der Waals surface area contributed by atoms with Crippen molar-refractivity contribution in [3.8, 4) is 0 Å². The number of carbonyl (C=O) groups is 2. The number of aryl methyl sites for hydroxylation is 1. The summed E-state index contributed by atoms with van der Waals surface area (Å²) in [5.74, 6) is -0.871. The van der Waals surface area contributed by atoms with Crippen LogP contribution >= 0.6 is 0 Å². The van der Waals surface area contributed by atoms with E-state index in [1.165, 1.54) is 0 Å². The predicted molar refractivity (Wildman–Crippen MR) is 85.8 cm³/mol. The zero-order valence-corrected chi connectivity index (χ0v) is 13.6. The van der Waals surface area contributed by atoms with Gasteiger partial charge in [0.2, 0.25) is 5.91 Å². The molecular formula is C18H25NO3. The summed E-state index contributed by atoms with van der Waals surface area (Å²) in [7, 11) is 0. The van der Waals surface area contributed by atoms with E-state index in [4.69, 9.17) is 0 Å². The van der Waals surface area contributed by atoms with Gasteiger partial charge in [0.15, 0.2) is 0 Å². The summed E-state index contributed by atoms with van der Waals surface area (Å²) >= 11 is 0. The van der Waals surface area contributed by atoms with Gasteiger partial charge in [-0.2, -0.15) is 0 Å². The van der Waals surface area contributed by atoms with Crippen molar-refractivity contribution in [3.05, 3.63) is 35.4 Å². The van der Waals surface area contributed by atoms with Crippen molar-refractivity contribution < 1.29 is 14.7 Å². The van der Waals surface area contributed by atoms with Crippen LogP contribution in [0.3, 0.4) is 0 Å². The fraction of sp³-hybridized carbons (Fsp3) is 0.556. The summed E-state index contributed by atoms with van der Waals surface area (Å²) in [5.41, 5.74) is 0.869. The molecule has 1 aromatic carbocycles. The van der Waals surface area contributed by atoms with E-state index in [0.29, 0.717) is 12.8 Å². The Morgan fingerprint density at radius 3 is 2.36 bits per heavy atom. The number of carboxylic acid groups (broad SMARTS) is 1. The Balaban J connectivity index is 2.11. The molecule has 0 aromatic heterocycles. The third-order valence-corrected chi connectivity index (χ3v) is 5.15. The van der Waals surface area contributed by atoms with E-state index in [-0.39, 0.29) is 12.5 Å². The molecule has 0 unspecified atom stereocenters. The first-order chi connectivity index (χ1) is 10.4. The maximum Gasteiger partial charge on any atom is 0.311 e. The van der Waals surface area contributed by atoms with Gasteiger partial charge in [-0.3, -0.25) is 9.59 Å². The van der Waals surface area contributed by atoms with Gasteiger partial charge in [-0.1, -0.05) is 43.7 Å². The first-order valence-electron chi connectivity index (χ1n) is 7.99. The van der Waals surface area contributed by atoms with Crippen molar-refractivity contribution in [3.63, 3.8) is 0 Å². The molecule has 0 radical (unpaired) electrons. The van der Waals surface area contributed by atoms with Crippen LogP contribution in [0.5, 0.6) is 0 Å². The predicted octanol–water partition coefficient (Wildman–Crippen LogP) is 3.03. The number of aliphatic carboxylic acids is 1. The van der Waals surface area contributed by atoms with Crippen molar-refractivity contribution in [2.24, 2.45) is 5.41 Å². The minimum atomic E-state index is -0.863. The smallest absolute Gasteiger partial charge is 0.311 e. The second-order valence-electron chi connectivity index (χ2n) is 6.43. The van der Waals surface area contributed by atoms with Gasteiger partial charge in [0.1, 0.15) is 0 Å². The largest absolute Gasteiger partial charge is 0.481 e. The average Bonchev–Trinajstić information content (AvgIpc) is 3.30. The Labute approximate surface area is 131 Å². The molecule has 120 valence electrons. The lowest BCUT2D eigenvalue weighted by Gasteiger charge is -2.28. The minimum absolute atomic E-state index is 0.0365. The maximum atomic E-state index is 12.6. The van der Waals surface area contributed by atoms with Crippen molar-refractivity contribution in [2.75, 3.05) is 6.54 Å². The Morgan fingerprint density at radius 1 is 1.27 bits per heavy atom.